The summed E-state index contributed by atoms with van der Waals surface area (Å²) in [7, 11) is -1.85. The number of fused-ring (bicyclic) bond motifs is 1. The molecule has 0 amide bonds. The van der Waals surface area contributed by atoms with Crippen molar-refractivity contribution < 1.29 is 30.3 Å². The molecular formula is C20H25F3N4O5S. The number of imidazole rings is 1. The van der Waals surface area contributed by atoms with Crippen molar-refractivity contribution in [1.82, 2.24) is 19.4 Å². The van der Waals surface area contributed by atoms with Crippen LogP contribution in [0.3, 0.4) is 0 Å². The first-order valence-electron chi connectivity index (χ1n) is 9.60. The Morgan fingerprint density at radius 1 is 1.21 bits per heavy atom. The molecule has 0 unspecified atom stereocenters. The van der Waals surface area contributed by atoms with Crippen LogP contribution in [0.25, 0.3) is 11.0 Å². The number of rotatable bonds is 11. The average molecular weight is 491 g/mol. The average Bonchev–Trinajstić information content (AvgIpc) is 3.01. The highest BCUT2D eigenvalue weighted by Gasteiger charge is 2.38. The molecule has 0 aliphatic carbocycles. The number of nitrogens with zero attached hydrogens (tertiary/aromatic N) is 3. The van der Waals surface area contributed by atoms with Crippen molar-refractivity contribution in [2.75, 3.05) is 33.7 Å². The lowest BCUT2D eigenvalue weighted by Crippen LogP contribution is -2.33. The normalized spacial score (nSPS) is 12.9. The molecule has 2 aromatic rings. The van der Waals surface area contributed by atoms with E-state index in [1.54, 1.807) is 17.7 Å². The van der Waals surface area contributed by atoms with Crippen molar-refractivity contribution in [3.8, 4) is 0 Å². The lowest BCUT2D eigenvalue weighted by molar-refractivity contribution is -0.0919. The molecule has 0 bridgehead atoms. The molecule has 0 saturated carbocycles. The number of benzene rings is 1. The zero-order chi connectivity index (χ0) is 25.0. The molecule has 33 heavy (non-hydrogen) atoms. The Labute approximate surface area is 189 Å². The zero-order valence-electron chi connectivity index (χ0n) is 18.1. The van der Waals surface area contributed by atoms with E-state index in [9.17, 15) is 26.4 Å². The molecule has 0 spiro atoms. The van der Waals surface area contributed by atoms with Gasteiger partial charge in [-0.1, -0.05) is 25.3 Å². The van der Waals surface area contributed by atoms with Gasteiger partial charge in [0.1, 0.15) is 11.3 Å². The highest BCUT2D eigenvalue weighted by atomic mass is 32.3. The van der Waals surface area contributed by atoms with Gasteiger partial charge in [-0.2, -0.15) is 21.6 Å². The summed E-state index contributed by atoms with van der Waals surface area (Å²) in [5.41, 5.74) is -0.300. The third kappa shape index (κ3) is 7.51. The molecule has 13 heteroatoms. The fourth-order valence-electron chi connectivity index (χ4n) is 2.94. The Morgan fingerprint density at radius 2 is 1.85 bits per heavy atom. The number of allylic oxidation sites excluding steroid dienone is 2. The summed E-state index contributed by atoms with van der Waals surface area (Å²) in [4.78, 5) is 18.2. The third-order valence-electron chi connectivity index (χ3n) is 4.82. The Bertz CT molecular complexity index is 1210. The number of aromatic nitrogens is 2. The van der Waals surface area contributed by atoms with Crippen molar-refractivity contribution in [3.05, 3.63) is 71.0 Å². The molecule has 2 N–H and O–H groups in total. The van der Waals surface area contributed by atoms with Gasteiger partial charge in [-0.3, -0.25) is 9.12 Å². The minimum absolute atomic E-state index is 0.0799. The maximum absolute atomic E-state index is 13.3. The topological polar surface area (TPSA) is 108 Å². The van der Waals surface area contributed by atoms with Crippen molar-refractivity contribution >= 4 is 21.4 Å². The van der Waals surface area contributed by atoms with E-state index in [2.05, 4.69) is 22.3 Å². The van der Waals surface area contributed by atoms with Crippen molar-refractivity contribution in [3.63, 3.8) is 0 Å². The van der Waals surface area contributed by atoms with E-state index in [1.807, 2.05) is 23.1 Å². The summed E-state index contributed by atoms with van der Waals surface area (Å²) >= 11 is 0. The molecule has 9 nitrogen and oxygen atoms in total. The van der Waals surface area contributed by atoms with Crippen LogP contribution >= 0.6 is 0 Å². The maximum Gasteiger partial charge on any atom is 0.446 e. The molecule has 0 atom stereocenters. The minimum Gasteiger partial charge on any atom is -0.374 e. The number of para-hydroxylation sites is 2. The molecule has 1 aromatic carbocycles. The van der Waals surface area contributed by atoms with Gasteiger partial charge in [0, 0.05) is 38.9 Å². The number of nitrogens with one attached hydrogen (secondary N) is 1. The Balaban J connectivity index is 1.98. The summed E-state index contributed by atoms with van der Waals surface area (Å²) in [5, 5.41) is 0. The monoisotopic (exact) mass is 490 g/mol. The molecule has 0 aliphatic heterocycles. The lowest BCUT2D eigenvalue weighted by Gasteiger charge is -2.25. The smallest absolute Gasteiger partial charge is 0.374 e. The van der Waals surface area contributed by atoms with Crippen LogP contribution in [0.5, 0.6) is 0 Å². The first kappa shape index (κ1) is 26.2. The van der Waals surface area contributed by atoms with Crippen LogP contribution in [0.15, 0.2) is 65.3 Å². The fraction of sp³-hybridized carbons (Fsp3) is 0.350. The largest absolute Gasteiger partial charge is 0.446 e. The number of hydrogen-bond donors (Lipinski definition) is 2. The first-order chi connectivity index (χ1) is 15.2. The van der Waals surface area contributed by atoms with Crippen LogP contribution in [-0.4, -0.2) is 72.2 Å². The van der Waals surface area contributed by atoms with Gasteiger partial charge >= 0.3 is 22.3 Å². The summed E-state index contributed by atoms with van der Waals surface area (Å²) < 4.78 is 75.4. The van der Waals surface area contributed by atoms with Crippen molar-refractivity contribution in [1.29, 1.82) is 0 Å². The number of likely N-dealkylation sites (N-methyl/N-ethyl adjacent to an activating group) is 2. The van der Waals surface area contributed by atoms with Gasteiger partial charge in [0.2, 0.25) is 0 Å². The predicted molar refractivity (Wildman–Crippen MR) is 118 cm³/mol. The highest BCUT2D eigenvalue weighted by Crippen LogP contribution is 2.32. The lowest BCUT2D eigenvalue weighted by atomic mass is 10.2. The second-order valence-corrected chi connectivity index (χ2v) is 8.33. The van der Waals surface area contributed by atoms with Gasteiger partial charge in [0.05, 0.1) is 11.0 Å². The van der Waals surface area contributed by atoms with Gasteiger partial charge in [-0.25, -0.2) is 4.79 Å². The molecule has 1 aromatic heterocycles. The number of H-pyrrole nitrogens is 1. The summed E-state index contributed by atoms with van der Waals surface area (Å²) in [6, 6.07) is 7.28. The standard InChI is InChI=1S/C20H25F3N4O5S/c1-14(13-16(20(21,22)23)15(2)32-33(29,30)31)26(4)11-9-25(3)10-12-27-18-8-6-5-7-17(18)24-19(27)28/h5-8,13H,1-2,9-12H2,3-4H3,(H,24,28)(H,29,30,31)/b16-13+. The molecule has 0 radical (unpaired) electrons. The van der Waals surface area contributed by atoms with Crippen LogP contribution in [0, 0.1) is 0 Å². The van der Waals surface area contributed by atoms with Gasteiger partial charge in [0.25, 0.3) is 0 Å². The van der Waals surface area contributed by atoms with Gasteiger partial charge in [-0.05, 0) is 25.3 Å². The Kier molecular flexibility index (Phi) is 8.16. The maximum atomic E-state index is 13.3. The van der Waals surface area contributed by atoms with Crippen molar-refractivity contribution in [2.45, 2.75) is 12.7 Å². The number of alkyl halides is 3. The van der Waals surface area contributed by atoms with Crippen LogP contribution in [0.2, 0.25) is 0 Å². The van der Waals surface area contributed by atoms with Gasteiger partial charge < -0.3 is 19.0 Å². The Morgan fingerprint density at radius 3 is 2.45 bits per heavy atom. The first-order valence-corrected chi connectivity index (χ1v) is 11.0. The van der Waals surface area contributed by atoms with E-state index >= 15 is 0 Å². The van der Waals surface area contributed by atoms with E-state index in [-0.39, 0.29) is 17.9 Å². The molecule has 0 aliphatic rings. The highest BCUT2D eigenvalue weighted by molar-refractivity contribution is 7.81. The summed E-state index contributed by atoms with van der Waals surface area (Å²) in [5.74, 6) is -1.28. The zero-order valence-corrected chi connectivity index (χ0v) is 18.9. The van der Waals surface area contributed by atoms with Crippen molar-refractivity contribution in [2.24, 2.45) is 0 Å². The molecule has 182 valence electrons. The van der Waals surface area contributed by atoms with Crippen LogP contribution < -0.4 is 5.69 Å². The van der Waals surface area contributed by atoms with E-state index in [4.69, 9.17) is 4.55 Å². The SMILES string of the molecule is C=C(OS(=O)(=O)O)/C(=C\C(=C)N(C)CCN(C)CCn1c(=O)[nH]c2ccccc21)C(F)(F)F. The quantitative estimate of drug-likeness (QED) is 0.283. The molecule has 0 fully saturated rings. The van der Waals surface area contributed by atoms with E-state index in [1.165, 1.54) is 11.9 Å². The van der Waals surface area contributed by atoms with Gasteiger partial charge in [-0.15, -0.1) is 0 Å². The molecule has 0 saturated heterocycles. The molecular weight excluding hydrogens is 465 g/mol. The van der Waals surface area contributed by atoms with E-state index in [0.29, 0.717) is 25.7 Å². The second-order valence-electron chi connectivity index (χ2n) is 7.31. The number of aromatic amines is 1. The third-order valence-corrected chi connectivity index (χ3v) is 5.23. The predicted octanol–water partition coefficient (Wildman–Crippen LogP) is 2.53. The van der Waals surface area contributed by atoms with E-state index < -0.39 is 27.9 Å². The van der Waals surface area contributed by atoms with Crippen LogP contribution in [0.4, 0.5) is 13.2 Å². The van der Waals surface area contributed by atoms with Crippen LogP contribution in [-0.2, 0) is 21.1 Å². The molecule has 2 rings (SSSR count). The number of hydrogen-bond acceptors (Lipinski definition) is 6. The van der Waals surface area contributed by atoms with E-state index in [0.717, 1.165) is 11.0 Å². The second kappa shape index (κ2) is 10.3. The fourth-order valence-corrected chi connectivity index (χ4v) is 3.29. The van der Waals surface area contributed by atoms with Crippen LogP contribution in [0.1, 0.15) is 0 Å². The minimum atomic E-state index is -5.16. The Hall–Kier alpha value is -3.03. The number of halogens is 3. The summed E-state index contributed by atoms with van der Waals surface area (Å²) in [6.45, 7) is 8.13. The van der Waals surface area contributed by atoms with Gasteiger partial charge in [0.15, 0.2) is 0 Å². The molecule has 1 heterocycles. The summed E-state index contributed by atoms with van der Waals surface area (Å²) in [6.07, 6.45) is -4.41.